The molecule has 3 rings (SSSR count). The molecule has 1 saturated heterocycles. The van der Waals surface area contributed by atoms with Gasteiger partial charge in [-0.3, -0.25) is 9.30 Å². The van der Waals surface area contributed by atoms with Crippen molar-refractivity contribution in [3.63, 3.8) is 0 Å². The van der Waals surface area contributed by atoms with Gasteiger partial charge in [-0.15, -0.1) is 10.2 Å². The van der Waals surface area contributed by atoms with E-state index in [-0.39, 0.29) is 0 Å². The Labute approximate surface area is 119 Å². The molecule has 2 aromatic heterocycles. The van der Waals surface area contributed by atoms with E-state index < -0.39 is 0 Å². The zero-order valence-corrected chi connectivity index (χ0v) is 12.3. The van der Waals surface area contributed by atoms with Crippen LogP contribution in [0.25, 0.3) is 5.65 Å². The highest BCUT2D eigenvalue weighted by Crippen LogP contribution is 2.23. The third-order valence-electron chi connectivity index (χ3n) is 4.27. The molecule has 0 aliphatic carbocycles. The smallest absolute Gasteiger partial charge is 0.160 e. The van der Waals surface area contributed by atoms with E-state index in [1.54, 1.807) is 0 Å². The maximum absolute atomic E-state index is 5.72. The Morgan fingerprint density at radius 2 is 2.20 bits per heavy atom. The Balaban J connectivity index is 1.87. The molecular formula is C15H23N5. The van der Waals surface area contributed by atoms with Crippen LogP contribution in [0.4, 0.5) is 0 Å². The van der Waals surface area contributed by atoms with Gasteiger partial charge in [-0.05, 0) is 44.9 Å². The van der Waals surface area contributed by atoms with Gasteiger partial charge >= 0.3 is 0 Å². The number of aromatic nitrogens is 3. The third kappa shape index (κ3) is 2.43. The van der Waals surface area contributed by atoms with Gasteiger partial charge in [0.05, 0.1) is 0 Å². The van der Waals surface area contributed by atoms with Crippen LogP contribution in [0, 0.1) is 0 Å². The minimum absolute atomic E-state index is 0.551. The van der Waals surface area contributed by atoms with Crippen LogP contribution in [-0.2, 0) is 13.0 Å². The maximum Gasteiger partial charge on any atom is 0.160 e. The first-order chi connectivity index (χ1) is 9.69. The molecule has 0 aromatic carbocycles. The molecule has 0 amide bonds. The van der Waals surface area contributed by atoms with Crippen molar-refractivity contribution >= 4 is 5.65 Å². The summed E-state index contributed by atoms with van der Waals surface area (Å²) in [5, 5.41) is 8.63. The van der Waals surface area contributed by atoms with Gasteiger partial charge in [-0.25, -0.2) is 0 Å². The molecule has 1 aliphatic rings. The van der Waals surface area contributed by atoms with Crippen LogP contribution in [0.1, 0.15) is 38.1 Å². The summed E-state index contributed by atoms with van der Waals surface area (Å²) >= 11 is 0. The van der Waals surface area contributed by atoms with Gasteiger partial charge in [-0.2, -0.15) is 0 Å². The van der Waals surface area contributed by atoms with Crippen LogP contribution >= 0.6 is 0 Å². The molecule has 20 heavy (non-hydrogen) atoms. The molecule has 1 atom stereocenters. The Hall–Kier alpha value is -1.46. The zero-order valence-electron chi connectivity index (χ0n) is 12.3. The lowest BCUT2D eigenvalue weighted by Gasteiger charge is -2.27. The molecule has 3 heterocycles. The van der Waals surface area contributed by atoms with E-state index in [1.165, 1.54) is 19.4 Å². The predicted molar refractivity (Wildman–Crippen MR) is 79.4 cm³/mol. The highest BCUT2D eigenvalue weighted by Gasteiger charge is 2.27. The van der Waals surface area contributed by atoms with Gasteiger partial charge in [0.15, 0.2) is 5.65 Å². The molecule has 1 fully saturated rings. The van der Waals surface area contributed by atoms with Gasteiger partial charge < -0.3 is 5.73 Å². The summed E-state index contributed by atoms with van der Waals surface area (Å²) in [5.41, 5.74) is 7.75. The lowest BCUT2D eigenvalue weighted by molar-refractivity contribution is 0.200. The average molecular weight is 273 g/mol. The van der Waals surface area contributed by atoms with Crippen molar-refractivity contribution in [2.45, 2.75) is 51.7 Å². The normalized spacial score (nSPS) is 20.3. The van der Waals surface area contributed by atoms with Crippen LogP contribution < -0.4 is 5.73 Å². The Kier molecular flexibility index (Phi) is 3.72. The van der Waals surface area contributed by atoms with Crippen molar-refractivity contribution in [3.05, 3.63) is 29.7 Å². The van der Waals surface area contributed by atoms with Crippen molar-refractivity contribution < 1.29 is 0 Å². The summed E-state index contributed by atoms with van der Waals surface area (Å²) in [6.45, 7) is 6.29. The number of pyridine rings is 1. The number of likely N-dealkylation sites (tertiary alicyclic amines) is 1. The van der Waals surface area contributed by atoms with Crippen LogP contribution in [0.3, 0.4) is 0 Å². The van der Waals surface area contributed by atoms with Gasteiger partial charge in [-0.1, -0.05) is 6.07 Å². The molecular weight excluding hydrogens is 250 g/mol. The number of hydrogen-bond acceptors (Lipinski definition) is 4. The van der Waals surface area contributed by atoms with Crippen LogP contribution in [0.2, 0.25) is 0 Å². The first-order valence-corrected chi connectivity index (χ1v) is 7.47. The second-order valence-electron chi connectivity index (χ2n) is 5.92. The van der Waals surface area contributed by atoms with E-state index in [2.05, 4.69) is 39.5 Å². The standard InChI is InChI=1S/C15H23N5/c1-11(2)19-7-3-4-13(19)8-15-18-17-14-6-5-12(9-16)10-20(14)15/h5-6,10-11,13H,3-4,7-9,16H2,1-2H3. The molecule has 0 saturated carbocycles. The van der Waals surface area contributed by atoms with Crippen molar-refractivity contribution in [1.82, 2.24) is 19.5 Å². The Morgan fingerprint density at radius 1 is 1.35 bits per heavy atom. The second kappa shape index (κ2) is 5.50. The van der Waals surface area contributed by atoms with Crippen LogP contribution in [0.15, 0.2) is 18.3 Å². The largest absolute Gasteiger partial charge is 0.326 e. The van der Waals surface area contributed by atoms with E-state index in [4.69, 9.17) is 5.73 Å². The highest BCUT2D eigenvalue weighted by atomic mass is 15.3. The predicted octanol–water partition coefficient (Wildman–Crippen LogP) is 1.60. The summed E-state index contributed by atoms with van der Waals surface area (Å²) in [7, 11) is 0. The van der Waals surface area contributed by atoms with Crippen LogP contribution in [-0.4, -0.2) is 38.1 Å². The molecule has 5 heteroatoms. The van der Waals surface area contributed by atoms with Gasteiger partial charge in [0.2, 0.25) is 0 Å². The second-order valence-corrected chi connectivity index (χ2v) is 5.92. The molecule has 1 unspecified atom stereocenters. The van der Waals surface area contributed by atoms with E-state index in [1.807, 2.05) is 12.1 Å². The molecule has 108 valence electrons. The fourth-order valence-corrected chi connectivity index (χ4v) is 3.21. The summed E-state index contributed by atoms with van der Waals surface area (Å²) in [6.07, 6.45) is 5.57. The molecule has 2 N–H and O–H groups in total. The molecule has 0 bridgehead atoms. The fraction of sp³-hybridized carbons (Fsp3) is 0.600. The Morgan fingerprint density at radius 3 is 2.95 bits per heavy atom. The Bertz CT molecular complexity index is 589. The average Bonchev–Trinajstić information content (AvgIpc) is 3.06. The van der Waals surface area contributed by atoms with Gasteiger partial charge in [0, 0.05) is 31.2 Å². The molecule has 0 spiro atoms. The van der Waals surface area contributed by atoms with E-state index in [0.717, 1.165) is 23.5 Å². The lowest BCUT2D eigenvalue weighted by Crippen LogP contribution is -2.37. The number of hydrogen-bond donors (Lipinski definition) is 1. The summed E-state index contributed by atoms with van der Waals surface area (Å²) in [5.74, 6) is 1.05. The first-order valence-electron chi connectivity index (χ1n) is 7.47. The lowest BCUT2D eigenvalue weighted by atomic mass is 10.1. The van der Waals surface area contributed by atoms with Crippen molar-refractivity contribution in [2.75, 3.05) is 6.54 Å². The van der Waals surface area contributed by atoms with E-state index >= 15 is 0 Å². The SMILES string of the molecule is CC(C)N1CCCC1Cc1nnc2ccc(CN)cn12. The van der Waals surface area contributed by atoms with Crippen molar-refractivity contribution in [2.24, 2.45) is 5.73 Å². The quantitative estimate of drug-likeness (QED) is 0.919. The fourth-order valence-electron chi connectivity index (χ4n) is 3.21. The maximum atomic E-state index is 5.72. The number of nitrogens with two attached hydrogens (primary N) is 1. The van der Waals surface area contributed by atoms with E-state index in [0.29, 0.717) is 18.6 Å². The van der Waals surface area contributed by atoms with Crippen molar-refractivity contribution in [3.8, 4) is 0 Å². The minimum atomic E-state index is 0.551. The summed E-state index contributed by atoms with van der Waals surface area (Å²) in [4.78, 5) is 2.58. The number of nitrogens with zero attached hydrogens (tertiary/aromatic N) is 4. The summed E-state index contributed by atoms with van der Waals surface area (Å²) in [6, 6.07) is 5.20. The van der Waals surface area contributed by atoms with Crippen molar-refractivity contribution in [1.29, 1.82) is 0 Å². The highest BCUT2D eigenvalue weighted by molar-refractivity contribution is 5.39. The monoisotopic (exact) mass is 273 g/mol. The summed E-state index contributed by atoms with van der Waals surface area (Å²) < 4.78 is 2.10. The molecule has 2 aromatic rings. The zero-order chi connectivity index (χ0) is 14.1. The molecule has 1 aliphatic heterocycles. The first kappa shape index (κ1) is 13.5. The van der Waals surface area contributed by atoms with Gasteiger partial charge in [0.1, 0.15) is 5.82 Å². The molecule has 0 radical (unpaired) electrons. The number of fused-ring (bicyclic) bond motifs is 1. The number of rotatable bonds is 4. The third-order valence-corrected chi connectivity index (χ3v) is 4.27. The molecule has 5 nitrogen and oxygen atoms in total. The van der Waals surface area contributed by atoms with E-state index in [9.17, 15) is 0 Å². The van der Waals surface area contributed by atoms with Crippen LogP contribution in [0.5, 0.6) is 0 Å². The topological polar surface area (TPSA) is 59.5 Å². The van der Waals surface area contributed by atoms with Gasteiger partial charge in [0.25, 0.3) is 0 Å². The minimum Gasteiger partial charge on any atom is -0.326 e.